The van der Waals surface area contributed by atoms with Crippen LogP contribution in [-0.2, 0) is 14.6 Å². The molecule has 0 aromatic carbocycles. The molecule has 23 heavy (non-hydrogen) atoms. The molecule has 1 amide bonds. The molecular weight excluding hydrogens is 312 g/mol. The maximum atomic E-state index is 12.1. The Kier molecular flexibility index (Phi) is 7.53. The first-order chi connectivity index (χ1) is 11.1. The Morgan fingerprint density at radius 3 is 1.91 bits per heavy atom. The van der Waals surface area contributed by atoms with E-state index in [-0.39, 0.29) is 17.4 Å². The van der Waals surface area contributed by atoms with Crippen LogP contribution in [-0.4, -0.2) is 31.5 Å². The lowest BCUT2D eigenvalue weighted by Crippen LogP contribution is -2.28. The molecule has 1 saturated carbocycles. The smallest absolute Gasteiger partial charge is 0.244 e. The number of carbonyl (C=O) groups excluding carboxylic acids is 1. The zero-order valence-electron chi connectivity index (χ0n) is 14.1. The molecule has 2 fully saturated rings. The lowest BCUT2D eigenvalue weighted by Gasteiger charge is -2.11. The van der Waals surface area contributed by atoms with Crippen LogP contribution in [0.1, 0.15) is 77.0 Å². The standard InChI is InChI=1S/C17H30N2O3S/c20-17(15-12-13-23(21,22)14-15)19-18-16-10-8-6-4-2-1-3-5-7-9-11-16/h15H,1-14H2,(H,19,20)/t15-/m0/s1. The fourth-order valence-electron chi connectivity index (χ4n) is 3.36. The van der Waals surface area contributed by atoms with Crippen molar-refractivity contribution in [2.45, 2.75) is 77.0 Å². The largest absolute Gasteiger partial charge is 0.273 e. The molecule has 0 unspecified atom stereocenters. The number of sulfone groups is 1. The van der Waals surface area contributed by atoms with E-state index in [0.29, 0.717) is 6.42 Å². The Labute approximate surface area is 140 Å². The molecule has 2 aliphatic rings. The Hall–Kier alpha value is -0.910. The SMILES string of the molecule is O=C(NN=C1CCCCCCCCCCC1)[C@H]1CCS(=O)(=O)C1. The van der Waals surface area contributed by atoms with E-state index >= 15 is 0 Å². The summed E-state index contributed by atoms with van der Waals surface area (Å²) in [5.74, 6) is -0.550. The minimum absolute atomic E-state index is 0.0241. The van der Waals surface area contributed by atoms with E-state index in [1.165, 1.54) is 44.9 Å². The van der Waals surface area contributed by atoms with Crippen LogP contribution < -0.4 is 5.43 Å². The Bertz CT molecular complexity index is 500. The highest BCUT2D eigenvalue weighted by atomic mass is 32.2. The maximum Gasteiger partial charge on any atom is 0.244 e. The van der Waals surface area contributed by atoms with Crippen molar-refractivity contribution >= 4 is 21.5 Å². The molecule has 0 aromatic rings. The van der Waals surface area contributed by atoms with Crippen molar-refractivity contribution < 1.29 is 13.2 Å². The van der Waals surface area contributed by atoms with Gasteiger partial charge in [-0.05, 0) is 32.1 Å². The van der Waals surface area contributed by atoms with Gasteiger partial charge in [0, 0.05) is 5.71 Å². The van der Waals surface area contributed by atoms with Gasteiger partial charge >= 0.3 is 0 Å². The molecule has 132 valence electrons. The average Bonchev–Trinajstić information content (AvgIpc) is 2.87. The van der Waals surface area contributed by atoms with Gasteiger partial charge < -0.3 is 0 Å². The number of rotatable bonds is 2. The summed E-state index contributed by atoms with van der Waals surface area (Å²) in [5.41, 5.74) is 3.70. The molecule has 1 aliphatic heterocycles. The number of carbonyl (C=O) groups is 1. The van der Waals surface area contributed by atoms with Crippen molar-refractivity contribution in [1.82, 2.24) is 5.43 Å². The van der Waals surface area contributed by atoms with Gasteiger partial charge in [0.15, 0.2) is 9.84 Å². The summed E-state index contributed by atoms with van der Waals surface area (Å²) in [6.07, 6.45) is 13.7. The van der Waals surface area contributed by atoms with Crippen molar-refractivity contribution in [2.24, 2.45) is 11.0 Å². The van der Waals surface area contributed by atoms with Crippen LogP contribution in [0.25, 0.3) is 0 Å². The van der Waals surface area contributed by atoms with E-state index in [4.69, 9.17) is 0 Å². The number of hydrogen-bond donors (Lipinski definition) is 1. The van der Waals surface area contributed by atoms with Crippen LogP contribution >= 0.6 is 0 Å². The molecule has 1 saturated heterocycles. The van der Waals surface area contributed by atoms with Crippen LogP contribution in [0.5, 0.6) is 0 Å². The van der Waals surface area contributed by atoms with E-state index < -0.39 is 15.8 Å². The summed E-state index contributed by atoms with van der Waals surface area (Å²) in [4.78, 5) is 12.1. The van der Waals surface area contributed by atoms with E-state index in [9.17, 15) is 13.2 Å². The minimum Gasteiger partial charge on any atom is -0.273 e. The second-order valence-corrected chi connectivity index (χ2v) is 9.16. The maximum absolute atomic E-state index is 12.1. The van der Waals surface area contributed by atoms with Crippen molar-refractivity contribution in [1.29, 1.82) is 0 Å². The van der Waals surface area contributed by atoms with Crippen LogP contribution in [0.4, 0.5) is 0 Å². The number of nitrogens with zero attached hydrogens (tertiary/aromatic N) is 1. The van der Waals surface area contributed by atoms with Crippen LogP contribution in [0.3, 0.4) is 0 Å². The van der Waals surface area contributed by atoms with Crippen LogP contribution in [0, 0.1) is 5.92 Å². The molecule has 2 rings (SSSR count). The van der Waals surface area contributed by atoms with Gasteiger partial charge in [-0.25, -0.2) is 13.8 Å². The first kappa shape index (κ1) is 18.4. The molecule has 1 atom stereocenters. The van der Waals surface area contributed by atoms with Crippen molar-refractivity contribution in [3.05, 3.63) is 0 Å². The third-order valence-electron chi connectivity index (χ3n) is 4.86. The van der Waals surface area contributed by atoms with Crippen molar-refractivity contribution in [3.8, 4) is 0 Å². The van der Waals surface area contributed by atoms with Gasteiger partial charge in [0.25, 0.3) is 0 Å². The zero-order valence-corrected chi connectivity index (χ0v) is 14.9. The Morgan fingerprint density at radius 2 is 1.43 bits per heavy atom. The summed E-state index contributed by atoms with van der Waals surface area (Å²) < 4.78 is 22.9. The lowest BCUT2D eigenvalue weighted by molar-refractivity contribution is -0.124. The first-order valence-corrected chi connectivity index (χ1v) is 10.9. The first-order valence-electron chi connectivity index (χ1n) is 9.12. The van der Waals surface area contributed by atoms with E-state index in [2.05, 4.69) is 10.5 Å². The molecular formula is C17H30N2O3S. The third-order valence-corrected chi connectivity index (χ3v) is 6.63. The highest BCUT2D eigenvalue weighted by molar-refractivity contribution is 7.91. The summed E-state index contributed by atoms with van der Waals surface area (Å²) >= 11 is 0. The number of hydrazone groups is 1. The van der Waals surface area contributed by atoms with Gasteiger partial charge in [-0.1, -0.05) is 44.9 Å². The lowest BCUT2D eigenvalue weighted by atomic mass is 10.00. The number of hydrogen-bond acceptors (Lipinski definition) is 4. The molecule has 5 nitrogen and oxygen atoms in total. The fourth-order valence-corrected chi connectivity index (χ4v) is 5.10. The molecule has 0 aromatic heterocycles. The van der Waals surface area contributed by atoms with Gasteiger partial charge in [0.05, 0.1) is 17.4 Å². The molecule has 1 heterocycles. The summed E-state index contributed by atoms with van der Waals surface area (Å²) in [6.45, 7) is 0. The summed E-state index contributed by atoms with van der Waals surface area (Å²) in [7, 11) is -3.02. The third kappa shape index (κ3) is 7.02. The second-order valence-electron chi connectivity index (χ2n) is 6.94. The predicted octanol–water partition coefficient (Wildman–Crippen LogP) is 3.20. The highest BCUT2D eigenvalue weighted by Crippen LogP contribution is 2.19. The van der Waals surface area contributed by atoms with Crippen LogP contribution in [0.2, 0.25) is 0 Å². The van der Waals surface area contributed by atoms with Gasteiger partial charge in [-0.15, -0.1) is 0 Å². The van der Waals surface area contributed by atoms with Crippen molar-refractivity contribution in [3.63, 3.8) is 0 Å². The zero-order chi connectivity index (χ0) is 16.5. The van der Waals surface area contributed by atoms with Crippen LogP contribution in [0.15, 0.2) is 5.10 Å². The van der Waals surface area contributed by atoms with Gasteiger partial charge in [0.2, 0.25) is 5.91 Å². The Balaban J connectivity index is 1.83. The topological polar surface area (TPSA) is 75.6 Å². The van der Waals surface area contributed by atoms with E-state index in [0.717, 1.165) is 31.4 Å². The van der Waals surface area contributed by atoms with E-state index in [1.807, 2.05) is 0 Å². The normalized spacial score (nSPS) is 26.8. The number of amides is 1. The van der Waals surface area contributed by atoms with Crippen molar-refractivity contribution in [2.75, 3.05) is 11.5 Å². The van der Waals surface area contributed by atoms with Gasteiger partial charge in [-0.2, -0.15) is 5.10 Å². The highest BCUT2D eigenvalue weighted by Gasteiger charge is 2.32. The molecule has 0 radical (unpaired) electrons. The second kappa shape index (κ2) is 9.40. The average molecular weight is 343 g/mol. The fraction of sp³-hybridized carbons (Fsp3) is 0.882. The summed E-state index contributed by atoms with van der Waals surface area (Å²) in [5, 5.41) is 4.33. The monoisotopic (exact) mass is 342 g/mol. The molecule has 1 aliphatic carbocycles. The number of nitrogens with one attached hydrogen (secondary N) is 1. The summed E-state index contributed by atoms with van der Waals surface area (Å²) in [6, 6.07) is 0. The van der Waals surface area contributed by atoms with Gasteiger partial charge in [0.1, 0.15) is 0 Å². The van der Waals surface area contributed by atoms with Gasteiger partial charge in [-0.3, -0.25) is 4.79 Å². The molecule has 0 spiro atoms. The molecule has 0 bridgehead atoms. The quantitative estimate of drug-likeness (QED) is 0.783. The molecule has 1 N–H and O–H groups in total. The minimum atomic E-state index is -3.02. The predicted molar refractivity (Wildman–Crippen MR) is 93.1 cm³/mol. The van der Waals surface area contributed by atoms with E-state index in [1.54, 1.807) is 0 Å². The molecule has 6 heteroatoms. The Morgan fingerprint density at radius 1 is 0.913 bits per heavy atom.